The zero-order valence-electron chi connectivity index (χ0n) is 13.4. The molecule has 0 unspecified atom stereocenters. The van der Waals surface area contributed by atoms with Gasteiger partial charge in [-0.25, -0.2) is 10.9 Å². The van der Waals surface area contributed by atoms with Crippen LogP contribution in [-0.4, -0.2) is 34.9 Å². The zero-order valence-corrected chi connectivity index (χ0v) is 13.4. The van der Waals surface area contributed by atoms with E-state index in [1.807, 2.05) is 0 Å². The maximum atomic E-state index is 12.0. The van der Waals surface area contributed by atoms with Gasteiger partial charge in [0.2, 0.25) is 0 Å². The van der Waals surface area contributed by atoms with Crippen molar-refractivity contribution >= 4 is 18.0 Å². The lowest BCUT2D eigenvalue weighted by Crippen LogP contribution is -2.21. The van der Waals surface area contributed by atoms with Gasteiger partial charge >= 0.3 is 0 Å². The first kappa shape index (κ1) is 18.0. The number of phenolic OH excluding ortho intramolecular Hbond substituents is 1. The smallest absolute Gasteiger partial charge is 0.274 e. The van der Waals surface area contributed by atoms with Crippen molar-refractivity contribution in [2.24, 2.45) is 5.10 Å². The number of hydrogen-bond acceptors (Lipinski definition) is 6. The predicted octanol–water partition coefficient (Wildman–Crippen LogP) is 1.67. The molecule has 2 amide bonds. The molecule has 0 fully saturated rings. The van der Waals surface area contributed by atoms with E-state index in [-0.39, 0.29) is 16.9 Å². The Morgan fingerprint density at radius 2 is 1.88 bits per heavy atom. The fraction of sp³-hybridized carbons (Fsp3) is 0.118. The Morgan fingerprint density at radius 3 is 2.56 bits per heavy atom. The van der Waals surface area contributed by atoms with Crippen LogP contribution in [-0.2, 0) is 0 Å². The van der Waals surface area contributed by atoms with Crippen LogP contribution in [0.2, 0.25) is 0 Å². The van der Waals surface area contributed by atoms with Crippen molar-refractivity contribution in [1.82, 2.24) is 10.9 Å². The van der Waals surface area contributed by atoms with Crippen molar-refractivity contribution < 1.29 is 24.6 Å². The first-order valence-corrected chi connectivity index (χ1v) is 7.39. The second kappa shape index (κ2) is 8.46. The van der Waals surface area contributed by atoms with E-state index >= 15 is 0 Å². The van der Waals surface area contributed by atoms with E-state index in [1.165, 1.54) is 42.0 Å². The number of carbonyl (C=O) groups excluding carboxylic acids is 2. The van der Waals surface area contributed by atoms with E-state index in [2.05, 4.69) is 10.5 Å². The van der Waals surface area contributed by atoms with Gasteiger partial charge in [-0.15, -0.1) is 0 Å². The Bertz CT molecular complexity index is 805. The average Bonchev–Trinajstić information content (AvgIpc) is 2.63. The highest BCUT2D eigenvalue weighted by Crippen LogP contribution is 2.26. The van der Waals surface area contributed by atoms with Gasteiger partial charge in [0, 0.05) is 11.1 Å². The fourth-order valence-corrected chi connectivity index (χ4v) is 1.98. The minimum atomic E-state index is -0.717. The average molecular weight is 343 g/mol. The number of hydrogen-bond donors (Lipinski definition) is 4. The Kier molecular flexibility index (Phi) is 6.08. The van der Waals surface area contributed by atoms with Gasteiger partial charge in [-0.2, -0.15) is 5.10 Å². The summed E-state index contributed by atoms with van der Waals surface area (Å²) in [6.45, 7) is 2.20. The quantitative estimate of drug-likeness (QED) is 0.361. The third-order valence-electron chi connectivity index (χ3n) is 3.15. The van der Waals surface area contributed by atoms with Crippen LogP contribution < -0.4 is 15.6 Å². The molecule has 0 atom stereocenters. The second-order valence-corrected chi connectivity index (χ2v) is 4.88. The topological polar surface area (TPSA) is 120 Å². The second-order valence-electron chi connectivity index (χ2n) is 4.88. The van der Waals surface area contributed by atoms with Crippen LogP contribution in [0.4, 0.5) is 0 Å². The molecule has 2 aromatic carbocycles. The predicted molar refractivity (Wildman–Crippen MR) is 90.0 cm³/mol. The van der Waals surface area contributed by atoms with Crippen LogP contribution in [0.25, 0.3) is 0 Å². The monoisotopic (exact) mass is 343 g/mol. The molecule has 0 heterocycles. The first-order valence-electron chi connectivity index (χ1n) is 7.39. The van der Waals surface area contributed by atoms with Crippen molar-refractivity contribution in [2.75, 3.05) is 6.61 Å². The van der Waals surface area contributed by atoms with Crippen LogP contribution in [0, 0.1) is 0 Å². The number of hydroxylamine groups is 1. The highest BCUT2D eigenvalue weighted by atomic mass is 16.5. The molecule has 2 aromatic rings. The SMILES string of the molecule is CCOc1cc(/C=N/NC(=O)c2cccc(C(=O)NO)c2)ccc1O. The molecule has 2 rings (SSSR count). The Balaban J connectivity index is 2.06. The summed E-state index contributed by atoms with van der Waals surface area (Å²) in [5.74, 6) is -0.902. The van der Waals surface area contributed by atoms with Gasteiger partial charge in [0.25, 0.3) is 11.8 Å². The van der Waals surface area contributed by atoms with Crippen molar-refractivity contribution in [3.8, 4) is 11.5 Å². The van der Waals surface area contributed by atoms with Gasteiger partial charge in [-0.1, -0.05) is 6.07 Å². The molecule has 0 aliphatic rings. The van der Waals surface area contributed by atoms with Crippen LogP contribution in [0.3, 0.4) is 0 Å². The Hall–Kier alpha value is -3.39. The molecule has 8 nitrogen and oxygen atoms in total. The number of ether oxygens (including phenoxy) is 1. The highest BCUT2D eigenvalue weighted by molar-refractivity contribution is 5.99. The molecule has 0 saturated carbocycles. The first-order chi connectivity index (χ1) is 12.0. The number of hydrazone groups is 1. The molecular weight excluding hydrogens is 326 g/mol. The van der Waals surface area contributed by atoms with E-state index in [9.17, 15) is 14.7 Å². The van der Waals surface area contributed by atoms with Crippen molar-refractivity contribution in [2.45, 2.75) is 6.92 Å². The molecule has 0 saturated heterocycles. The summed E-state index contributed by atoms with van der Waals surface area (Å²) in [5.41, 5.74) is 4.80. The molecule has 0 aromatic heterocycles. The van der Waals surface area contributed by atoms with Crippen molar-refractivity contribution in [1.29, 1.82) is 0 Å². The lowest BCUT2D eigenvalue weighted by molar-refractivity contribution is 0.0706. The molecule has 25 heavy (non-hydrogen) atoms. The number of rotatable bonds is 6. The van der Waals surface area contributed by atoms with Gasteiger partial charge in [0.15, 0.2) is 11.5 Å². The summed E-state index contributed by atoms with van der Waals surface area (Å²) >= 11 is 0. The normalized spacial score (nSPS) is 10.5. The van der Waals surface area contributed by atoms with Crippen molar-refractivity contribution in [3.63, 3.8) is 0 Å². The molecule has 0 aliphatic carbocycles. The Labute approximate surface area is 143 Å². The van der Waals surface area contributed by atoms with Crippen molar-refractivity contribution in [3.05, 3.63) is 59.2 Å². The Morgan fingerprint density at radius 1 is 1.16 bits per heavy atom. The number of aromatic hydroxyl groups is 1. The van der Waals surface area contributed by atoms with Gasteiger partial charge in [-0.3, -0.25) is 14.8 Å². The maximum absolute atomic E-state index is 12.0. The minimum Gasteiger partial charge on any atom is -0.504 e. The van der Waals surface area contributed by atoms with E-state index in [4.69, 9.17) is 9.94 Å². The molecule has 0 bridgehead atoms. The lowest BCUT2D eigenvalue weighted by Gasteiger charge is -2.06. The largest absolute Gasteiger partial charge is 0.504 e. The highest BCUT2D eigenvalue weighted by Gasteiger charge is 2.09. The third kappa shape index (κ3) is 4.79. The number of nitrogens with zero attached hydrogens (tertiary/aromatic N) is 1. The van der Waals surface area contributed by atoms with E-state index in [1.54, 1.807) is 19.1 Å². The summed E-state index contributed by atoms with van der Waals surface area (Å²) in [6.07, 6.45) is 1.39. The summed E-state index contributed by atoms with van der Waals surface area (Å²) < 4.78 is 5.26. The van der Waals surface area contributed by atoms with Gasteiger partial charge in [-0.05, 0) is 48.9 Å². The standard InChI is InChI=1S/C17H17N3O5/c1-2-25-15-8-11(6-7-14(15)21)10-18-19-16(22)12-4-3-5-13(9-12)17(23)20-24/h3-10,21,24H,2H2,1H3,(H,19,22)(H,20,23)/b18-10+. The molecule has 130 valence electrons. The molecule has 0 spiro atoms. The number of carbonyl (C=O) groups is 2. The van der Waals surface area contributed by atoms with Crippen LogP contribution in [0.15, 0.2) is 47.6 Å². The summed E-state index contributed by atoms with van der Waals surface area (Å²) in [7, 11) is 0. The summed E-state index contributed by atoms with van der Waals surface area (Å²) in [5, 5.41) is 22.1. The number of nitrogens with one attached hydrogen (secondary N) is 2. The fourth-order valence-electron chi connectivity index (χ4n) is 1.98. The molecule has 8 heteroatoms. The van der Waals surface area contributed by atoms with Gasteiger partial charge in [0.05, 0.1) is 12.8 Å². The van der Waals surface area contributed by atoms with E-state index in [0.717, 1.165) is 0 Å². The van der Waals surface area contributed by atoms with Gasteiger partial charge < -0.3 is 9.84 Å². The van der Waals surface area contributed by atoms with Gasteiger partial charge in [0.1, 0.15) is 0 Å². The number of benzene rings is 2. The maximum Gasteiger partial charge on any atom is 0.274 e. The molecule has 0 radical (unpaired) electrons. The zero-order chi connectivity index (χ0) is 18.2. The third-order valence-corrected chi connectivity index (χ3v) is 3.15. The summed E-state index contributed by atoms with van der Waals surface area (Å²) in [4.78, 5) is 23.4. The van der Waals surface area contributed by atoms with E-state index in [0.29, 0.717) is 17.9 Å². The summed E-state index contributed by atoms with van der Waals surface area (Å²) in [6, 6.07) is 10.5. The lowest BCUT2D eigenvalue weighted by atomic mass is 10.1. The van der Waals surface area contributed by atoms with Crippen LogP contribution >= 0.6 is 0 Å². The molecule has 4 N–H and O–H groups in total. The number of amides is 2. The van der Waals surface area contributed by atoms with Crippen LogP contribution in [0.1, 0.15) is 33.2 Å². The number of phenols is 1. The minimum absolute atomic E-state index is 0.0158. The molecule has 0 aliphatic heterocycles. The van der Waals surface area contributed by atoms with Crippen LogP contribution in [0.5, 0.6) is 11.5 Å². The molecular formula is C17H17N3O5. The van der Waals surface area contributed by atoms with E-state index < -0.39 is 11.8 Å².